The lowest BCUT2D eigenvalue weighted by molar-refractivity contribution is 0.909. The van der Waals surface area contributed by atoms with Crippen LogP contribution in [0.3, 0.4) is 0 Å². The second kappa shape index (κ2) is 5.43. The molecule has 0 aliphatic carbocycles. The minimum absolute atomic E-state index is 0.303. The molecule has 0 saturated carbocycles. The molecule has 0 amide bonds. The number of benzene rings is 1. The van der Waals surface area contributed by atoms with Gasteiger partial charge in [0.15, 0.2) is 0 Å². The lowest BCUT2D eigenvalue weighted by atomic mass is 9.95. The molecule has 0 fully saturated rings. The molecule has 3 heterocycles. The maximum absolute atomic E-state index is 4.60. The Balaban J connectivity index is 1.70. The summed E-state index contributed by atoms with van der Waals surface area (Å²) < 4.78 is 0. The maximum atomic E-state index is 4.60. The molecule has 5 nitrogen and oxygen atoms in total. The highest BCUT2D eigenvalue weighted by atomic mass is 15.1. The van der Waals surface area contributed by atoms with E-state index >= 15 is 0 Å². The molecule has 0 spiro atoms. The fourth-order valence-electron chi connectivity index (χ4n) is 3.06. The third kappa shape index (κ3) is 2.44. The second-order valence-electron chi connectivity index (χ2n) is 6.07. The molecule has 116 valence electrons. The molecular weight excluding hydrogens is 286 g/mol. The van der Waals surface area contributed by atoms with E-state index in [-0.39, 0.29) is 0 Å². The van der Waals surface area contributed by atoms with Crippen LogP contribution in [0.5, 0.6) is 0 Å². The molecule has 1 aromatic carbocycles. The summed E-state index contributed by atoms with van der Waals surface area (Å²) in [6.07, 6.45) is 5.79. The Kier molecular flexibility index (Phi) is 3.26. The summed E-state index contributed by atoms with van der Waals surface area (Å²) in [6, 6.07) is 10.8. The summed E-state index contributed by atoms with van der Waals surface area (Å²) >= 11 is 0. The summed E-state index contributed by atoms with van der Waals surface area (Å²) in [4.78, 5) is 6.70. The Morgan fingerprint density at radius 1 is 1.09 bits per heavy atom. The van der Waals surface area contributed by atoms with E-state index in [0.717, 1.165) is 17.9 Å². The highest BCUT2D eigenvalue weighted by Crippen LogP contribution is 2.36. The van der Waals surface area contributed by atoms with Gasteiger partial charge in [0.05, 0.1) is 6.20 Å². The predicted octanol–water partition coefficient (Wildman–Crippen LogP) is 3.10. The molecule has 1 atom stereocenters. The lowest BCUT2D eigenvalue weighted by Gasteiger charge is -2.13. The highest BCUT2D eigenvalue weighted by Gasteiger charge is 2.26. The van der Waals surface area contributed by atoms with Crippen molar-refractivity contribution in [3.8, 4) is 11.1 Å². The fraction of sp³-hybridized carbons (Fsp3) is 0.222. The number of pyridine rings is 1. The molecule has 2 aromatic heterocycles. The Labute approximate surface area is 135 Å². The van der Waals surface area contributed by atoms with Crippen LogP contribution in [-0.2, 0) is 0 Å². The molecule has 5 heteroatoms. The molecule has 4 rings (SSSR count). The number of aromatic amines is 1. The van der Waals surface area contributed by atoms with Crippen molar-refractivity contribution >= 4 is 11.5 Å². The largest absolute Gasteiger partial charge is 0.378 e. The molecule has 1 unspecified atom stereocenters. The summed E-state index contributed by atoms with van der Waals surface area (Å²) in [7, 11) is 4.10. The number of H-pyrrole nitrogens is 1. The van der Waals surface area contributed by atoms with Gasteiger partial charge in [-0.05, 0) is 29.3 Å². The van der Waals surface area contributed by atoms with Gasteiger partial charge in [0.2, 0.25) is 0 Å². The van der Waals surface area contributed by atoms with E-state index in [1.54, 1.807) is 0 Å². The zero-order valence-electron chi connectivity index (χ0n) is 13.2. The molecule has 0 bridgehead atoms. The fourth-order valence-corrected chi connectivity index (χ4v) is 3.06. The SMILES string of the molecule is CN(C)c1ccc(-c2cnc3c(c2)C(c2cn[nH]c2)CN3)cc1. The lowest BCUT2D eigenvalue weighted by Crippen LogP contribution is -2.07. The average Bonchev–Trinajstić information content (AvgIpc) is 3.23. The van der Waals surface area contributed by atoms with Crippen molar-refractivity contribution in [2.75, 3.05) is 30.9 Å². The Bertz CT molecular complexity index is 806. The minimum Gasteiger partial charge on any atom is -0.378 e. The van der Waals surface area contributed by atoms with Gasteiger partial charge < -0.3 is 10.2 Å². The maximum Gasteiger partial charge on any atom is 0.129 e. The van der Waals surface area contributed by atoms with E-state index in [0.29, 0.717) is 5.92 Å². The molecule has 23 heavy (non-hydrogen) atoms. The second-order valence-corrected chi connectivity index (χ2v) is 6.07. The van der Waals surface area contributed by atoms with Gasteiger partial charge in [-0.2, -0.15) is 5.10 Å². The number of hydrogen-bond donors (Lipinski definition) is 2. The smallest absolute Gasteiger partial charge is 0.129 e. The van der Waals surface area contributed by atoms with Crippen LogP contribution in [0, 0.1) is 0 Å². The van der Waals surface area contributed by atoms with Gasteiger partial charge in [-0.25, -0.2) is 4.98 Å². The Hall–Kier alpha value is -2.82. The Morgan fingerprint density at radius 2 is 1.91 bits per heavy atom. The standard InChI is InChI=1S/C18H19N5/c1-23(2)15-5-3-12(4-6-15)13-7-16-17(14-9-21-22-10-14)11-20-18(16)19-8-13/h3-10,17H,11H2,1-2H3,(H,19,20)(H,21,22). The number of hydrogen-bond acceptors (Lipinski definition) is 4. The van der Waals surface area contributed by atoms with Crippen molar-refractivity contribution in [1.29, 1.82) is 0 Å². The number of rotatable bonds is 3. The van der Waals surface area contributed by atoms with Crippen molar-refractivity contribution in [2.24, 2.45) is 0 Å². The highest BCUT2D eigenvalue weighted by molar-refractivity contribution is 5.70. The monoisotopic (exact) mass is 305 g/mol. The zero-order valence-corrected chi connectivity index (χ0v) is 13.2. The molecule has 0 saturated heterocycles. The summed E-state index contributed by atoms with van der Waals surface area (Å²) in [5.41, 5.74) is 5.95. The molecular formula is C18H19N5. The van der Waals surface area contributed by atoms with E-state index in [4.69, 9.17) is 0 Å². The third-order valence-electron chi connectivity index (χ3n) is 4.41. The first-order valence-electron chi connectivity index (χ1n) is 7.72. The van der Waals surface area contributed by atoms with Crippen molar-refractivity contribution < 1.29 is 0 Å². The van der Waals surface area contributed by atoms with Crippen LogP contribution in [0.15, 0.2) is 48.9 Å². The first kappa shape index (κ1) is 13.8. The van der Waals surface area contributed by atoms with Gasteiger partial charge >= 0.3 is 0 Å². The van der Waals surface area contributed by atoms with Gasteiger partial charge in [-0.3, -0.25) is 5.10 Å². The number of aromatic nitrogens is 3. The summed E-state index contributed by atoms with van der Waals surface area (Å²) in [5, 5.41) is 10.3. The van der Waals surface area contributed by atoms with Crippen molar-refractivity contribution in [1.82, 2.24) is 15.2 Å². The van der Waals surface area contributed by atoms with Gasteiger partial charge in [-0.15, -0.1) is 0 Å². The van der Waals surface area contributed by atoms with Crippen LogP contribution >= 0.6 is 0 Å². The van der Waals surface area contributed by atoms with Crippen LogP contribution in [0.25, 0.3) is 11.1 Å². The summed E-state index contributed by atoms with van der Waals surface area (Å²) in [5.74, 6) is 1.28. The van der Waals surface area contributed by atoms with Crippen LogP contribution in [0.4, 0.5) is 11.5 Å². The van der Waals surface area contributed by atoms with Crippen molar-refractivity contribution in [3.05, 3.63) is 60.0 Å². The Morgan fingerprint density at radius 3 is 2.61 bits per heavy atom. The van der Waals surface area contributed by atoms with Gasteiger partial charge in [0.1, 0.15) is 5.82 Å². The number of anilines is 2. The van der Waals surface area contributed by atoms with Crippen molar-refractivity contribution in [3.63, 3.8) is 0 Å². The first-order valence-corrected chi connectivity index (χ1v) is 7.72. The van der Waals surface area contributed by atoms with Gasteiger partial charge in [-0.1, -0.05) is 12.1 Å². The number of fused-ring (bicyclic) bond motifs is 1. The van der Waals surface area contributed by atoms with E-state index in [1.165, 1.54) is 22.4 Å². The quantitative estimate of drug-likeness (QED) is 0.781. The number of nitrogens with zero attached hydrogens (tertiary/aromatic N) is 3. The third-order valence-corrected chi connectivity index (χ3v) is 4.41. The topological polar surface area (TPSA) is 56.8 Å². The molecule has 2 N–H and O–H groups in total. The zero-order chi connectivity index (χ0) is 15.8. The van der Waals surface area contributed by atoms with E-state index in [1.807, 2.05) is 32.7 Å². The van der Waals surface area contributed by atoms with Crippen LogP contribution < -0.4 is 10.2 Å². The molecule has 3 aromatic rings. The van der Waals surface area contributed by atoms with Crippen LogP contribution in [-0.4, -0.2) is 35.8 Å². The molecule has 0 radical (unpaired) electrons. The van der Waals surface area contributed by atoms with Crippen LogP contribution in [0.1, 0.15) is 17.0 Å². The van der Waals surface area contributed by atoms with Gasteiger partial charge in [0, 0.05) is 55.8 Å². The first-order chi connectivity index (χ1) is 11.2. The molecule has 1 aliphatic heterocycles. The minimum atomic E-state index is 0.303. The predicted molar refractivity (Wildman–Crippen MR) is 92.9 cm³/mol. The average molecular weight is 305 g/mol. The van der Waals surface area contributed by atoms with E-state index < -0.39 is 0 Å². The number of nitrogens with one attached hydrogen (secondary N) is 2. The van der Waals surface area contributed by atoms with E-state index in [2.05, 4.69) is 55.7 Å². The van der Waals surface area contributed by atoms with Crippen molar-refractivity contribution in [2.45, 2.75) is 5.92 Å². The molecule has 1 aliphatic rings. The summed E-state index contributed by atoms with van der Waals surface area (Å²) in [6.45, 7) is 0.866. The normalized spacial score (nSPS) is 16.0. The van der Waals surface area contributed by atoms with Crippen LogP contribution in [0.2, 0.25) is 0 Å². The van der Waals surface area contributed by atoms with E-state index in [9.17, 15) is 0 Å². The van der Waals surface area contributed by atoms with Gasteiger partial charge in [0.25, 0.3) is 0 Å².